The third kappa shape index (κ3) is 35.4. The van der Waals surface area contributed by atoms with Crippen molar-refractivity contribution >= 4 is 13.7 Å². The van der Waals surface area contributed by atoms with E-state index in [0.29, 0.717) is 23.9 Å². The Kier molecular flexibility index (Phi) is 33.1. The Labute approximate surface area is 309 Å². The Morgan fingerprint density at radius 3 is 1.68 bits per heavy atom. The first kappa shape index (κ1) is 49.0. The maximum absolute atomic E-state index is 12.8. The minimum atomic E-state index is -4.30. The van der Waals surface area contributed by atoms with Gasteiger partial charge in [-0.25, -0.2) is 4.57 Å². The normalized spacial score (nSPS) is 14.8. The standard InChI is InChI=1S/C41H81N2O6P/c1-6-8-10-12-14-16-17-18-19-20-21-22-23-24-25-27-29-31-33-35-41(45)42-39(38-49-50(46,47)48-37-36-43(3,4)5)40(44)34-32-30-28-26-15-13-11-9-7-2/h14,16,18-19,39-40,44H,6-13,15,17,20-38H2,1-5H3,(H-,42,45,46,47)/p+1/b16-14-,19-18-. The number of allylic oxidation sites excluding steroid dienone is 4. The summed E-state index contributed by atoms with van der Waals surface area (Å²) in [5.74, 6) is -0.152. The average molecular weight is 730 g/mol. The van der Waals surface area contributed by atoms with Gasteiger partial charge >= 0.3 is 7.82 Å². The van der Waals surface area contributed by atoms with E-state index in [-0.39, 0.29) is 19.1 Å². The fourth-order valence-corrected chi connectivity index (χ4v) is 6.57. The van der Waals surface area contributed by atoms with Crippen LogP contribution in [0.5, 0.6) is 0 Å². The Balaban J connectivity index is 4.31. The van der Waals surface area contributed by atoms with Crippen LogP contribution < -0.4 is 5.32 Å². The zero-order chi connectivity index (χ0) is 37.2. The van der Waals surface area contributed by atoms with Gasteiger partial charge in [0.1, 0.15) is 13.2 Å². The number of carbonyl (C=O) groups excluding carboxylic acids is 1. The number of phosphoric ester groups is 1. The first-order valence-corrected chi connectivity index (χ1v) is 22.2. The Morgan fingerprint density at radius 2 is 1.14 bits per heavy atom. The zero-order valence-corrected chi connectivity index (χ0v) is 34.3. The molecule has 0 aromatic heterocycles. The van der Waals surface area contributed by atoms with E-state index in [4.69, 9.17) is 9.05 Å². The Bertz CT molecular complexity index is 876. The van der Waals surface area contributed by atoms with E-state index in [0.717, 1.165) is 44.9 Å². The van der Waals surface area contributed by atoms with Gasteiger partial charge in [-0.15, -0.1) is 0 Å². The number of nitrogens with one attached hydrogen (secondary N) is 1. The second-order valence-corrected chi connectivity index (χ2v) is 16.8. The van der Waals surface area contributed by atoms with Gasteiger partial charge in [-0.3, -0.25) is 13.8 Å². The molecule has 0 rings (SSSR count). The minimum absolute atomic E-state index is 0.0739. The third-order valence-corrected chi connectivity index (χ3v) is 10.2. The van der Waals surface area contributed by atoms with E-state index in [9.17, 15) is 19.4 Å². The van der Waals surface area contributed by atoms with Crippen LogP contribution in [0.25, 0.3) is 0 Å². The maximum atomic E-state index is 12.8. The summed E-state index contributed by atoms with van der Waals surface area (Å²) in [5.41, 5.74) is 0. The third-order valence-electron chi connectivity index (χ3n) is 9.20. The molecule has 0 spiro atoms. The van der Waals surface area contributed by atoms with Crippen LogP contribution in [0.1, 0.15) is 181 Å². The molecular formula is C41H82N2O6P+. The van der Waals surface area contributed by atoms with E-state index in [1.54, 1.807) is 0 Å². The van der Waals surface area contributed by atoms with Crippen LogP contribution in [0.3, 0.4) is 0 Å². The molecule has 0 heterocycles. The van der Waals surface area contributed by atoms with Gasteiger partial charge in [0, 0.05) is 6.42 Å². The summed E-state index contributed by atoms with van der Waals surface area (Å²) in [6.45, 7) is 4.82. The molecule has 9 heteroatoms. The number of phosphoric acid groups is 1. The van der Waals surface area contributed by atoms with Crippen molar-refractivity contribution in [1.82, 2.24) is 5.32 Å². The van der Waals surface area contributed by atoms with Crippen molar-refractivity contribution in [3.8, 4) is 0 Å². The largest absolute Gasteiger partial charge is 0.472 e. The summed E-state index contributed by atoms with van der Waals surface area (Å²) < 4.78 is 23.5. The number of unbranched alkanes of at least 4 members (excludes halogenated alkanes) is 20. The predicted octanol–water partition coefficient (Wildman–Crippen LogP) is 11.0. The highest BCUT2D eigenvalue weighted by atomic mass is 31.2. The van der Waals surface area contributed by atoms with Crippen LogP contribution in [0.2, 0.25) is 0 Å². The lowest BCUT2D eigenvalue weighted by Gasteiger charge is -2.26. The molecule has 0 aromatic carbocycles. The van der Waals surface area contributed by atoms with Gasteiger partial charge in [0.15, 0.2) is 0 Å². The first-order chi connectivity index (χ1) is 24.0. The number of hydrogen-bond donors (Lipinski definition) is 3. The number of nitrogens with zero attached hydrogens (tertiary/aromatic N) is 1. The molecule has 296 valence electrons. The number of aliphatic hydroxyl groups excluding tert-OH is 1. The van der Waals surface area contributed by atoms with Crippen LogP contribution >= 0.6 is 7.82 Å². The summed E-state index contributed by atoms with van der Waals surface area (Å²) in [6.07, 6.45) is 37.7. The van der Waals surface area contributed by atoms with Gasteiger partial charge in [0.25, 0.3) is 0 Å². The van der Waals surface area contributed by atoms with Crippen LogP contribution in [0.15, 0.2) is 24.3 Å². The molecule has 1 amide bonds. The predicted molar refractivity (Wildman–Crippen MR) is 212 cm³/mol. The Morgan fingerprint density at radius 1 is 0.680 bits per heavy atom. The highest BCUT2D eigenvalue weighted by molar-refractivity contribution is 7.47. The van der Waals surface area contributed by atoms with E-state index in [2.05, 4.69) is 43.5 Å². The lowest BCUT2D eigenvalue weighted by atomic mass is 10.0. The van der Waals surface area contributed by atoms with Crippen molar-refractivity contribution in [3.63, 3.8) is 0 Å². The molecule has 0 aromatic rings. The second kappa shape index (κ2) is 33.8. The van der Waals surface area contributed by atoms with Crippen molar-refractivity contribution in [2.75, 3.05) is 40.9 Å². The maximum Gasteiger partial charge on any atom is 0.472 e. The lowest BCUT2D eigenvalue weighted by Crippen LogP contribution is -2.46. The molecule has 0 saturated heterocycles. The van der Waals surface area contributed by atoms with Crippen LogP contribution in [-0.2, 0) is 18.4 Å². The highest BCUT2D eigenvalue weighted by Crippen LogP contribution is 2.43. The summed E-state index contributed by atoms with van der Waals surface area (Å²) in [4.78, 5) is 23.0. The van der Waals surface area contributed by atoms with Crippen LogP contribution in [0, 0.1) is 0 Å². The minimum Gasteiger partial charge on any atom is -0.391 e. The van der Waals surface area contributed by atoms with Gasteiger partial charge in [-0.05, 0) is 44.9 Å². The summed E-state index contributed by atoms with van der Waals surface area (Å²) in [6, 6.07) is -0.758. The SMILES string of the molecule is CCCCC/C=C\C/C=C\CCCCCCCCCCCC(=O)NC(COP(=O)(O)OCC[N+](C)(C)C)C(O)CCCCCCCCCCC. The molecular weight excluding hydrogens is 647 g/mol. The molecule has 0 aliphatic heterocycles. The van der Waals surface area contributed by atoms with Crippen LogP contribution in [0.4, 0.5) is 0 Å². The monoisotopic (exact) mass is 730 g/mol. The van der Waals surface area contributed by atoms with Gasteiger partial charge in [0.2, 0.25) is 5.91 Å². The van der Waals surface area contributed by atoms with E-state index in [1.165, 1.54) is 109 Å². The van der Waals surface area contributed by atoms with Crippen molar-refractivity contribution in [1.29, 1.82) is 0 Å². The van der Waals surface area contributed by atoms with Crippen molar-refractivity contribution < 1.29 is 32.9 Å². The number of aliphatic hydroxyl groups is 1. The molecule has 3 unspecified atom stereocenters. The fourth-order valence-electron chi connectivity index (χ4n) is 5.84. The van der Waals surface area contributed by atoms with E-state index < -0.39 is 20.0 Å². The molecule has 8 nitrogen and oxygen atoms in total. The van der Waals surface area contributed by atoms with Crippen molar-refractivity contribution in [2.45, 2.75) is 193 Å². The number of amides is 1. The molecule has 3 N–H and O–H groups in total. The van der Waals surface area contributed by atoms with Crippen LogP contribution in [-0.4, -0.2) is 73.4 Å². The topological polar surface area (TPSA) is 105 Å². The molecule has 0 fully saturated rings. The number of carbonyl (C=O) groups is 1. The smallest absolute Gasteiger partial charge is 0.391 e. The number of rotatable bonds is 37. The first-order valence-electron chi connectivity index (χ1n) is 20.7. The second-order valence-electron chi connectivity index (χ2n) is 15.4. The van der Waals surface area contributed by atoms with Gasteiger partial charge in [0.05, 0.1) is 39.9 Å². The lowest BCUT2D eigenvalue weighted by molar-refractivity contribution is -0.870. The molecule has 0 aliphatic carbocycles. The molecule has 0 aliphatic rings. The zero-order valence-electron chi connectivity index (χ0n) is 33.4. The molecule has 0 saturated carbocycles. The van der Waals surface area contributed by atoms with E-state index in [1.807, 2.05) is 21.1 Å². The molecule has 0 bridgehead atoms. The van der Waals surface area contributed by atoms with Gasteiger partial charge in [-0.2, -0.15) is 0 Å². The summed E-state index contributed by atoms with van der Waals surface area (Å²) in [7, 11) is 1.61. The number of likely N-dealkylation sites (N-methyl/N-ethyl adjacent to an activating group) is 1. The van der Waals surface area contributed by atoms with Crippen molar-refractivity contribution in [3.05, 3.63) is 24.3 Å². The summed E-state index contributed by atoms with van der Waals surface area (Å²) in [5, 5.41) is 13.9. The highest BCUT2D eigenvalue weighted by Gasteiger charge is 2.28. The van der Waals surface area contributed by atoms with E-state index >= 15 is 0 Å². The quantitative estimate of drug-likeness (QED) is 0.0254. The average Bonchev–Trinajstić information content (AvgIpc) is 3.06. The fraction of sp³-hybridized carbons (Fsp3) is 0.878. The number of quaternary nitrogens is 1. The summed E-state index contributed by atoms with van der Waals surface area (Å²) >= 11 is 0. The molecule has 50 heavy (non-hydrogen) atoms. The van der Waals surface area contributed by atoms with Gasteiger partial charge in [-0.1, -0.05) is 154 Å². The number of hydrogen-bond acceptors (Lipinski definition) is 5. The van der Waals surface area contributed by atoms with Crippen molar-refractivity contribution in [2.24, 2.45) is 0 Å². The molecule has 3 atom stereocenters. The molecule has 0 radical (unpaired) electrons. The van der Waals surface area contributed by atoms with Gasteiger partial charge < -0.3 is 19.8 Å². The Hall–Kier alpha value is -1.02.